The second-order valence-corrected chi connectivity index (χ2v) is 7.70. The minimum Gasteiger partial charge on any atom is -0.497 e. The van der Waals surface area contributed by atoms with E-state index < -0.39 is 0 Å². The van der Waals surface area contributed by atoms with Crippen molar-refractivity contribution in [3.8, 4) is 17.2 Å². The smallest absolute Gasteiger partial charge is 0.188 e. The van der Waals surface area contributed by atoms with E-state index in [0.717, 1.165) is 57.0 Å². The first-order valence-electron chi connectivity index (χ1n) is 11.0. The number of guanidine groups is 1. The van der Waals surface area contributed by atoms with Crippen LogP contribution in [0.2, 0.25) is 0 Å². The number of hydrogen-bond donors (Lipinski definition) is 2. The van der Waals surface area contributed by atoms with Gasteiger partial charge >= 0.3 is 0 Å². The predicted molar refractivity (Wildman–Crippen MR) is 129 cm³/mol. The fourth-order valence-electron chi connectivity index (χ4n) is 3.75. The molecule has 32 heavy (non-hydrogen) atoms. The summed E-state index contributed by atoms with van der Waals surface area (Å²) in [5.41, 5.74) is 8.30. The van der Waals surface area contributed by atoms with Gasteiger partial charge < -0.3 is 30.2 Å². The number of piperazine rings is 1. The van der Waals surface area contributed by atoms with E-state index in [-0.39, 0.29) is 0 Å². The number of benzene rings is 2. The van der Waals surface area contributed by atoms with Crippen LogP contribution in [0.15, 0.2) is 47.5 Å². The highest BCUT2D eigenvalue weighted by Gasteiger charge is 2.16. The summed E-state index contributed by atoms with van der Waals surface area (Å²) in [6, 6.07) is 14.0. The van der Waals surface area contributed by atoms with Gasteiger partial charge in [0.05, 0.1) is 27.9 Å². The Hall–Kier alpha value is -3.13. The molecule has 1 fully saturated rings. The van der Waals surface area contributed by atoms with E-state index in [4.69, 9.17) is 19.9 Å². The third-order valence-corrected chi connectivity index (χ3v) is 5.65. The molecule has 0 amide bonds. The maximum atomic E-state index is 6.02. The molecule has 8 heteroatoms. The molecule has 0 aromatic heterocycles. The summed E-state index contributed by atoms with van der Waals surface area (Å²) in [6.45, 7) is 6.55. The lowest BCUT2D eigenvalue weighted by molar-refractivity contribution is 0.255. The molecule has 2 aromatic rings. The highest BCUT2D eigenvalue weighted by molar-refractivity contribution is 5.77. The maximum Gasteiger partial charge on any atom is 0.188 e. The quantitative estimate of drug-likeness (QED) is 0.333. The first-order chi connectivity index (χ1) is 15.6. The van der Waals surface area contributed by atoms with Gasteiger partial charge in [0.2, 0.25) is 0 Å². The molecule has 3 rings (SSSR count). The van der Waals surface area contributed by atoms with E-state index in [0.29, 0.717) is 24.0 Å². The molecule has 0 saturated carbocycles. The second-order valence-electron chi connectivity index (χ2n) is 7.70. The SMILES string of the molecule is COc1ccc(N2CCN(CCCNC(N)=NCc3ccc(OC)c(OC)c3)CC2)cc1. The van der Waals surface area contributed by atoms with Crippen molar-refractivity contribution in [3.05, 3.63) is 48.0 Å². The Morgan fingerprint density at radius 2 is 1.66 bits per heavy atom. The molecule has 3 N–H and O–H groups in total. The maximum absolute atomic E-state index is 6.02. The fraction of sp³-hybridized carbons (Fsp3) is 0.458. The van der Waals surface area contributed by atoms with Crippen LogP contribution in [0.25, 0.3) is 0 Å². The normalized spacial score (nSPS) is 14.8. The lowest BCUT2D eigenvalue weighted by atomic mass is 10.2. The molecule has 0 radical (unpaired) electrons. The third-order valence-electron chi connectivity index (χ3n) is 5.65. The van der Waals surface area contributed by atoms with Crippen LogP contribution in [-0.2, 0) is 6.54 Å². The van der Waals surface area contributed by atoms with Gasteiger partial charge in [0.1, 0.15) is 5.75 Å². The highest BCUT2D eigenvalue weighted by atomic mass is 16.5. The number of methoxy groups -OCH3 is 3. The third kappa shape index (κ3) is 6.68. The summed E-state index contributed by atoms with van der Waals surface area (Å²) >= 11 is 0. The topological polar surface area (TPSA) is 84.6 Å². The van der Waals surface area contributed by atoms with Crippen molar-refractivity contribution in [2.24, 2.45) is 10.7 Å². The van der Waals surface area contributed by atoms with Crippen LogP contribution in [0.5, 0.6) is 17.2 Å². The van der Waals surface area contributed by atoms with Crippen LogP contribution < -0.4 is 30.2 Å². The molecule has 1 saturated heterocycles. The van der Waals surface area contributed by atoms with Gasteiger partial charge in [-0.2, -0.15) is 0 Å². The van der Waals surface area contributed by atoms with Gasteiger partial charge in [-0.25, -0.2) is 4.99 Å². The van der Waals surface area contributed by atoms with Crippen LogP contribution in [0, 0.1) is 0 Å². The Morgan fingerprint density at radius 3 is 2.31 bits per heavy atom. The Kier molecular flexibility index (Phi) is 8.86. The lowest BCUT2D eigenvalue weighted by Crippen LogP contribution is -2.47. The molecule has 0 atom stereocenters. The predicted octanol–water partition coefficient (Wildman–Crippen LogP) is 2.33. The molecule has 174 valence electrons. The van der Waals surface area contributed by atoms with Crippen molar-refractivity contribution < 1.29 is 14.2 Å². The van der Waals surface area contributed by atoms with E-state index >= 15 is 0 Å². The minimum atomic E-state index is 0.462. The van der Waals surface area contributed by atoms with Crippen molar-refractivity contribution in [1.82, 2.24) is 10.2 Å². The number of rotatable bonds is 10. The van der Waals surface area contributed by atoms with Crippen molar-refractivity contribution >= 4 is 11.6 Å². The first kappa shape index (κ1) is 23.5. The Balaban J connectivity index is 1.34. The van der Waals surface area contributed by atoms with E-state index in [1.165, 1.54) is 5.69 Å². The number of nitrogens with one attached hydrogen (secondary N) is 1. The Bertz CT molecular complexity index is 864. The van der Waals surface area contributed by atoms with E-state index in [1.54, 1.807) is 21.3 Å². The van der Waals surface area contributed by atoms with Crippen molar-refractivity contribution in [2.75, 3.05) is 65.5 Å². The summed E-state index contributed by atoms with van der Waals surface area (Å²) in [4.78, 5) is 9.35. The number of anilines is 1. The van der Waals surface area contributed by atoms with Crippen molar-refractivity contribution in [2.45, 2.75) is 13.0 Å². The largest absolute Gasteiger partial charge is 0.497 e. The molecule has 2 aromatic carbocycles. The Labute approximate surface area is 191 Å². The average Bonchev–Trinajstić information content (AvgIpc) is 2.85. The zero-order valence-electron chi connectivity index (χ0n) is 19.3. The molecule has 0 spiro atoms. The molecule has 0 aliphatic carbocycles. The Morgan fingerprint density at radius 1 is 0.938 bits per heavy atom. The molecule has 0 bridgehead atoms. The summed E-state index contributed by atoms with van der Waals surface area (Å²) in [7, 11) is 4.94. The summed E-state index contributed by atoms with van der Waals surface area (Å²) < 4.78 is 15.8. The van der Waals surface area contributed by atoms with Gasteiger partial charge in [0.15, 0.2) is 17.5 Å². The number of ether oxygens (including phenoxy) is 3. The van der Waals surface area contributed by atoms with Crippen molar-refractivity contribution in [3.63, 3.8) is 0 Å². The molecular formula is C24H35N5O3. The van der Waals surface area contributed by atoms with Crippen LogP contribution in [-0.4, -0.2) is 71.5 Å². The van der Waals surface area contributed by atoms with Gasteiger partial charge in [-0.1, -0.05) is 6.07 Å². The molecule has 1 aliphatic rings. The van der Waals surface area contributed by atoms with Gasteiger partial charge in [0.25, 0.3) is 0 Å². The second kappa shape index (κ2) is 12.0. The molecule has 1 aliphatic heterocycles. The molecular weight excluding hydrogens is 406 g/mol. The first-order valence-corrected chi connectivity index (χ1v) is 11.0. The lowest BCUT2D eigenvalue weighted by Gasteiger charge is -2.36. The van der Waals surface area contributed by atoms with Crippen molar-refractivity contribution in [1.29, 1.82) is 0 Å². The van der Waals surface area contributed by atoms with Gasteiger partial charge in [0, 0.05) is 38.4 Å². The number of aliphatic imine (C=N–C) groups is 1. The van der Waals surface area contributed by atoms with Gasteiger partial charge in [-0.3, -0.25) is 4.90 Å². The zero-order valence-corrected chi connectivity index (χ0v) is 19.3. The van der Waals surface area contributed by atoms with E-state index in [1.807, 2.05) is 30.3 Å². The minimum absolute atomic E-state index is 0.462. The molecule has 1 heterocycles. The number of nitrogens with two attached hydrogens (primary N) is 1. The van der Waals surface area contributed by atoms with Crippen LogP contribution in [0.3, 0.4) is 0 Å². The molecule has 0 unspecified atom stereocenters. The number of hydrogen-bond acceptors (Lipinski definition) is 6. The number of nitrogens with zero attached hydrogens (tertiary/aromatic N) is 3. The van der Waals surface area contributed by atoms with E-state index in [9.17, 15) is 0 Å². The zero-order chi connectivity index (χ0) is 22.8. The van der Waals surface area contributed by atoms with Gasteiger partial charge in [-0.15, -0.1) is 0 Å². The summed E-state index contributed by atoms with van der Waals surface area (Å²) in [5, 5.41) is 3.21. The van der Waals surface area contributed by atoms with Crippen LogP contribution >= 0.6 is 0 Å². The highest BCUT2D eigenvalue weighted by Crippen LogP contribution is 2.27. The average molecular weight is 442 g/mol. The summed E-state index contributed by atoms with van der Waals surface area (Å²) in [5.74, 6) is 2.76. The fourth-order valence-corrected chi connectivity index (χ4v) is 3.75. The standard InChI is InChI=1S/C24H35N5O3/c1-30-21-8-6-20(7-9-21)29-15-13-28(14-16-29)12-4-11-26-24(25)27-18-19-5-10-22(31-2)23(17-19)32-3/h5-10,17H,4,11-16,18H2,1-3H3,(H3,25,26,27). The summed E-state index contributed by atoms with van der Waals surface area (Å²) in [6.07, 6.45) is 1.02. The van der Waals surface area contributed by atoms with Gasteiger partial charge in [-0.05, 0) is 54.9 Å². The molecule has 8 nitrogen and oxygen atoms in total. The van der Waals surface area contributed by atoms with Crippen LogP contribution in [0.4, 0.5) is 5.69 Å². The monoisotopic (exact) mass is 441 g/mol. The van der Waals surface area contributed by atoms with Crippen LogP contribution in [0.1, 0.15) is 12.0 Å². The van der Waals surface area contributed by atoms with E-state index in [2.05, 4.69) is 32.2 Å².